The van der Waals surface area contributed by atoms with Crippen LogP contribution in [0.2, 0.25) is 0 Å². The second-order valence-electron chi connectivity index (χ2n) is 5.13. The van der Waals surface area contributed by atoms with E-state index in [1.54, 1.807) is 6.92 Å². The highest BCUT2D eigenvalue weighted by molar-refractivity contribution is 5.84. The lowest BCUT2D eigenvalue weighted by molar-refractivity contribution is -0.118. The third-order valence-corrected chi connectivity index (χ3v) is 3.61. The first-order valence-corrected chi connectivity index (χ1v) is 6.58. The molecule has 3 rings (SSSR count). The third kappa shape index (κ3) is 2.26. The standard InChI is InChI=1S/C15H18N2O/c1-10(18)16-7-6-13-9-17-15-5-4-12(8-14(13)15)11-2-3-11/h4-5,8-9,11,17H,2-3,6-7H2,1H3,(H,16,18). The molecule has 3 heteroatoms. The lowest BCUT2D eigenvalue weighted by atomic mass is 10.0. The zero-order chi connectivity index (χ0) is 12.5. The number of hydrogen-bond acceptors (Lipinski definition) is 1. The maximum absolute atomic E-state index is 10.9. The zero-order valence-corrected chi connectivity index (χ0v) is 10.6. The number of carbonyl (C=O) groups is 1. The van der Waals surface area contributed by atoms with Gasteiger partial charge in [-0.25, -0.2) is 0 Å². The molecule has 1 heterocycles. The first-order chi connectivity index (χ1) is 8.74. The highest BCUT2D eigenvalue weighted by atomic mass is 16.1. The van der Waals surface area contributed by atoms with Gasteiger partial charge in [0, 0.05) is 30.6 Å². The molecule has 1 saturated carbocycles. The summed E-state index contributed by atoms with van der Waals surface area (Å²) in [6.45, 7) is 2.26. The van der Waals surface area contributed by atoms with Crippen LogP contribution < -0.4 is 5.32 Å². The molecule has 1 aliphatic rings. The second kappa shape index (κ2) is 4.48. The highest BCUT2D eigenvalue weighted by Gasteiger charge is 2.23. The molecule has 0 bridgehead atoms. The van der Waals surface area contributed by atoms with E-state index in [-0.39, 0.29) is 5.91 Å². The minimum atomic E-state index is 0.0357. The van der Waals surface area contributed by atoms with Crippen LogP contribution in [0.4, 0.5) is 0 Å². The molecule has 0 atom stereocenters. The fraction of sp³-hybridized carbons (Fsp3) is 0.400. The van der Waals surface area contributed by atoms with Crippen molar-refractivity contribution in [2.75, 3.05) is 6.54 Å². The van der Waals surface area contributed by atoms with Crippen LogP contribution in [-0.4, -0.2) is 17.4 Å². The molecule has 1 amide bonds. The van der Waals surface area contributed by atoms with Gasteiger partial charge in [-0.05, 0) is 48.4 Å². The average molecular weight is 242 g/mol. The summed E-state index contributed by atoms with van der Waals surface area (Å²) in [6.07, 6.45) is 5.60. The van der Waals surface area contributed by atoms with Crippen molar-refractivity contribution in [2.45, 2.75) is 32.1 Å². The van der Waals surface area contributed by atoms with Crippen LogP contribution in [0.1, 0.15) is 36.8 Å². The molecule has 0 radical (unpaired) electrons. The molecule has 18 heavy (non-hydrogen) atoms. The van der Waals surface area contributed by atoms with Crippen molar-refractivity contribution >= 4 is 16.8 Å². The molecule has 0 aliphatic heterocycles. The Hall–Kier alpha value is -1.77. The van der Waals surface area contributed by atoms with Gasteiger partial charge in [0.1, 0.15) is 0 Å². The van der Waals surface area contributed by atoms with Crippen LogP contribution in [0.3, 0.4) is 0 Å². The molecule has 1 aromatic carbocycles. The Labute approximate surface area is 107 Å². The van der Waals surface area contributed by atoms with Gasteiger partial charge >= 0.3 is 0 Å². The van der Waals surface area contributed by atoms with Crippen molar-refractivity contribution in [2.24, 2.45) is 0 Å². The summed E-state index contributed by atoms with van der Waals surface area (Å²) in [7, 11) is 0. The molecular formula is C15H18N2O. The predicted molar refractivity (Wildman–Crippen MR) is 72.7 cm³/mol. The summed E-state index contributed by atoms with van der Waals surface area (Å²) >= 11 is 0. The molecule has 1 aromatic heterocycles. The van der Waals surface area contributed by atoms with Crippen molar-refractivity contribution < 1.29 is 4.79 Å². The Morgan fingerprint density at radius 3 is 3.00 bits per heavy atom. The number of benzene rings is 1. The van der Waals surface area contributed by atoms with Gasteiger partial charge < -0.3 is 10.3 Å². The number of rotatable bonds is 4. The first kappa shape index (κ1) is 11.3. The van der Waals surface area contributed by atoms with E-state index in [1.165, 1.54) is 34.9 Å². The Morgan fingerprint density at radius 1 is 1.44 bits per heavy atom. The SMILES string of the molecule is CC(=O)NCCc1c[nH]c2ccc(C3CC3)cc12. The number of aromatic amines is 1. The lowest BCUT2D eigenvalue weighted by Crippen LogP contribution is -2.22. The van der Waals surface area contributed by atoms with Gasteiger partial charge in [-0.2, -0.15) is 0 Å². The van der Waals surface area contributed by atoms with E-state index in [0.29, 0.717) is 6.54 Å². The van der Waals surface area contributed by atoms with Gasteiger partial charge in [0.15, 0.2) is 0 Å². The topological polar surface area (TPSA) is 44.9 Å². The maximum atomic E-state index is 10.9. The summed E-state index contributed by atoms with van der Waals surface area (Å²) in [6, 6.07) is 6.71. The van der Waals surface area contributed by atoms with Crippen LogP contribution in [-0.2, 0) is 11.2 Å². The third-order valence-electron chi connectivity index (χ3n) is 3.61. The molecule has 0 spiro atoms. The molecule has 0 unspecified atom stereocenters. The quantitative estimate of drug-likeness (QED) is 0.850. The monoisotopic (exact) mass is 242 g/mol. The maximum Gasteiger partial charge on any atom is 0.216 e. The Bertz CT molecular complexity index is 581. The second-order valence-corrected chi connectivity index (χ2v) is 5.13. The van der Waals surface area contributed by atoms with Crippen molar-refractivity contribution in [1.82, 2.24) is 10.3 Å². The zero-order valence-electron chi connectivity index (χ0n) is 10.6. The van der Waals surface area contributed by atoms with Crippen LogP contribution in [0, 0.1) is 0 Å². The highest BCUT2D eigenvalue weighted by Crippen LogP contribution is 2.41. The van der Waals surface area contributed by atoms with Gasteiger partial charge in [0.05, 0.1) is 0 Å². The van der Waals surface area contributed by atoms with Crippen LogP contribution in [0.25, 0.3) is 10.9 Å². The number of fused-ring (bicyclic) bond motifs is 1. The number of hydrogen-bond donors (Lipinski definition) is 2. The van der Waals surface area contributed by atoms with Gasteiger partial charge in [0.2, 0.25) is 5.91 Å². The molecule has 1 aliphatic carbocycles. The molecular weight excluding hydrogens is 224 g/mol. The summed E-state index contributed by atoms with van der Waals surface area (Å²) in [5.74, 6) is 0.820. The Kier molecular flexibility index (Phi) is 2.82. The van der Waals surface area contributed by atoms with Gasteiger partial charge in [0.25, 0.3) is 0 Å². The van der Waals surface area contributed by atoms with Gasteiger partial charge in [-0.1, -0.05) is 6.07 Å². The number of aromatic nitrogens is 1. The smallest absolute Gasteiger partial charge is 0.216 e. The number of nitrogens with one attached hydrogen (secondary N) is 2. The normalized spacial score (nSPS) is 14.9. The Morgan fingerprint density at radius 2 is 2.28 bits per heavy atom. The van der Waals surface area contributed by atoms with Crippen molar-refractivity contribution in [3.63, 3.8) is 0 Å². The number of H-pyrrole nitrogens is 1. The molecule has 94 valence electrons. The van der Waals surface area contributed by atoms with E-state index >= 15 is 0 Å². The molecule has 1 fully saturated rings. The lowest BCUT2D eigenvalue weighted by Gasteiger charge is -2.03. The van der Waals surface area contributed by atoms with E-state index in [0.717, 1.165) is 12.3 Å². The van der Waals surface area contributed by atoms with Crippen LogP contribution >= 0.6 is 0 Å². The summed E-state index contributed by atoms with van der Waals surface area (Å²) in [5.41, 5.74) is 3.95. The van der Waals surface area contributed by atoms with Crippen LogP contribution in [0.5, 0.6) is 0 Å². The molecule has 3 nitrogen and oxygen atoms in total. The van der Waals surface area contributed by atoms with E-state index in [2.05, 4.69) is 34.7 Å². The minimum absolute atomic E-state index is 0.0357. The van der Waals surface area contributed by atoms with E-state index in [9.17, 15) is 4.79 Å². The number of amides is 1. The van der Waals surface area contributed by atoms with Crippen molar-refractivity contribution in [1.29, 1.82) is 0 Å². The molecule has 2 aromatic rings. The largest absolute Gasteiger partial charge is 0.361 e. The van der Waals surface area contributed by atoms with Crippen LogP contribution in [0.15, 0.2) is 24.4 Å². The first-order valence-electron chi connectivity index (χ1n) is 6.58. The average Bonchev–Trinajstić information content (AvgIpc) is 3.12. The summed E-state index contributed by atoms with van der Waals surface area (Å²) in [5, 5.41) is 4.16. The predicted octanol–water partition coefficient (Wildman–Crippen LogP) is 2.72. The van der Waals surface area contributed by atoms with E-state index in [4.69, 9.17) is 0 Å². The Balaban J connectivity index is 1.82. The summed E-state index contributed by atoms with van der Waals surface area (Å²) < 4.78 is 0. The van der Waals surface area contributed by atoms with Gasteiger partial charge in [-0.15, -0.1) is 0 Å². The number of carbonyl (C=O) groups excluding carboxylic acids is 1. The fourth-order valence-electron chi connectivity index (χ4n) is 2.45. The minimum Gasteiger partial charge on any atom is -0.361 e. The van der Waals surface area contributed by atoms with Gasteiger partial charge in [-0.3, -0.25) is 4.79 Å². The molecule has 2 N–H and O–H groups in total. The summed E-state index contributed by atoms with van der Waals surface area (Å²) in [4.78, 5) is 14.2. The fourth-order valence-corrected chi connectivity index (χ4v) is 2.45. The van der Waals surface area contributed by atoms with E-state index < -0.39 is 0 Å². The van der Waals surface area contributed by atoms with Crippen molar-refractivity contribution in [3.8, 4) is 0 Å². The molecule has 0 saturated heterocycles. The van der Waals surface area contributed by atoms with E-state index in [1.807, 2.05) is 0 Å². The van der Waals surface area contributed by atoms with Crippen molar-refractivity contribution in [3.05, 3.63) is 35.5 Å².